The zero-order valence-electron chi connectivity index (χ0n) is 9.98. The van der Waals surface area contributed by atoms with E-state index in [1.54, 1.807) is 0 Å². The number of carboxylic acid groups (broad SMARTS) is 1. The van der Waals surface area contributed by atoms with Crippen molar-refractivity contribution in [1.29, 1.82) is 0 Å². The minimum atomic E-state index is -1.42. The predicted molar refractivity (Wildman–Crippen MR) is 61.6 cm³/mol. The molecule has 0 spiro atoms. The van der Waals surface area contributed by atoms with Gasteiger partial charge in [-0.1, -0.05) is 12.8 Å². The van der Waals surface area contributed by atoms with E-state index in [2.05, 4.69) is 10.6 Å². The molecular formula is C11H20N2O4. The van der Waals surface area contributed by atoms with Crippen LogP contribution in [0.1, 0.15) is 32.6 Å². The topological polar surface area (TPSA) is 98.7 Å². The highest BCUT2D eigenvalue weighted by Gasteiger charge is 2.24. The zero-order chi connectivity index (χ0) is 12.8. The Kier molecular flexibility index (Phi) is 5.21. The summed E-state index contributed by atoms with van der Waals surface area (Å²) >= 11 is 0. The summed E-state index contributed by atoms with van der Waals surface area (Å²) in [6.45, 7) is 2.10. The average Bonchev–Trinajstić information content (AvgIpc) is 3.00. The fourth-order valence-electron chi connectivity index (χ4n) is 1.63. The van der Waals surface area contributed by atoms with E-state index in [1.807, 2.05) is 6.92 Å². The van der Waals surface area contributed by atoms with Gasteiger partial charge in [-0.3, -0.25) is 0 Å². The van der Waals surface area contributed by atoms with E-state index in [1.165, 1.54) is 12.8 Å². The van der Waals surface area contributed by atoms with Gasteiger partial charge >= 0.3 is 12.0 Å². The molecule has 98 valence electrons. The van der Waals surface area contributed by atoms with Crippen LogP contribution in [0.4, 0.5) is 4.79 Å². The van der Waals surface area contributed by atoms with E-state index in [4.69, 9.17) is 10.2 Å². The molecule has 0 aromatic heterocycles. The van der Waals surface area contributed by atoms with E-state index in [0.29, 0.717) is 0 Å². The molecule has 2 atom stereocenters. The number of aliphatic hydroxyl groups is 1. The van der Waals surface area contributed by atoms with Crippen LogP contribution in [0.25, 0.3) is 0 Å². The van der Waals surface area contributed by atoms with Crippen molar-refractivity contribution in [2.24, 2.45) is 5.92 Å². The molecule has 17 heavy (non-hydrogen) atoms. The van der Waals surface area contributed by atoms with Gasteiger partial charge in [0.05, 0.1) is 0 Å². The van der Waals surface area contributed by atoms with Crippen molar-refractivity contribution < 1.29 is 19.8 Å². The van der Waals surface area contributed by atoms with Gasteiger partial charge in [0.2, 0.25) is 0 Å². The Morgan fingerprint density at radius 2 is 2.06 bits per heavy atom. The number of aliphatic hydroxyl groups excluding tert-OH is 1. The van der Waals surface area contributed by atoms with Crippen molar-refractivity contribution in [3.63, 3.8) is 0 Å². The number of carbonyl (C=O) groups excluding carboxylic acids is 1. The largest absolute Gasteiger partial charge is 0.479 e. The normalized spacial score (nSPS) is 18.2. The summed E-state index contributed by atoms with van der Waals surface area (Å²) in [4.78, 5) is 21.7. The third-order valence-electron chi connectivity index (χ3n) is 2.75. The van der Waals surface area contributed by atoms with Gasteiger partial charge in [0, 0.05) is 19.0 Å². The molecule has 4 N–H and O–H groups in total. The van der Waals surface area contributed by atoms with Gasteiger partial charge in [0.25, 0.3) is 0 Å². The summed E-state index contributed by atoms with van der Waals surface area (Å²) in [6.07, 6.45) is 2.08. The number of hydrogen-bond donors (Lipinski definition) is 4. The van der Waals surface area contributed by atoms with Crippen LogP contribution in [0.5, 0.6) is 0 Å². The Morgan fingerprint density at radius 1 is 1.41 bits per heavy atom. The van der Waals surface area contributed by atoms with E-state index in [9.17, 15) is 9.59 Å². The molecule has 1 aliphatic rings. The summed E-state index contributed by atoms with van der Waals surface area (Å²) in [6, 6.07) is -0.178. The van der Waals surface area contributed by atoms with E-state index < -0.39 is 12.1 Å². The molecule has 0 aromatic carbocycles. The van der Waals surface area contributed by atoms with Gasteiger partial charge in [-0.05, 0) is 19.3 Å². The Hall–Kier alpha value is -1.30. The first kappa shape index (κ1) is 13.8. The second-order valence-corrected chi connectivity index (χ2v) is 4.62. The second kappa shape index (κ2) is 6.44. The van der Waals surface area contributed by atoms with Crippen molar-refractivity contribution >= 4 is 12.0 Å². The lowest BCUT2D eigenvalue weighted by Crippen LogP contribution is -2.42. The molecule has 0 saturated heterocycles. The monoisotopic (exact) mass is 244 g/mol. The van der Waals surface area contributed by atoms with Gasteiger partial charge in [-0.2, -0.15) is 0 Å². The fraction of sp³-hybridized carbons (Fsp3) is 0.818. The van der Waals surface area contributed by atoms with Crippen LogP contribution in [0.2, 0.25) is 0 Å². The van der Waals surface area contributed by atoms with Crippen LogP contribution >= 0.6 is 0 Å². The lowest BCUT2D eigenvalue weighted by molar-refractivity contribution is -0.146. The number of carbonyl (C=O) groups is 2. The molecule has 6 nitrogen and oxygen atoms in total. The third kappa shape index (κ3) is 6.11. The highest BCUT2D eigenvalue weighted by Crippen LogP contribution is 2.33. The first-order chi connectivity index (χ1) is 7.99. The van der Waals surface area contributed by atoms with Crippen LogP contribution in [-0.4, -0.2) is 40.9 Å². The number of nitrogens with one attached hydrogen (secondary N) is 2. The molecule has 0 heterocycles. The molecule has 1 aliphatic carbocycles. The summed E-state index contributed by atoms with van der Waals surface area (Å²) in [5.41, 5.74) is 0. The molecule has 6 heteroatoms. The van der Waals surface area contributed by atoms with E-state index in [0.717, 1.165) is 12.3 Å². The Bertz CT molecular complexity index is 279. The van der Waals surface area contributed by atoms with Gasteiger partial charge in [-0.25, -0.2) is 9.59 Å². The van der Waals surface area contributed by atoms with Crippen LogP contribution in [0, 0.1) is 5.92 Å². The summed E-state index contributed by atoms with van der Waals surface area (Å²) in [5.74, 6) is -0.520. The van der Waals surface area contributed by atoms with Crippen molar-refractivity contribution in [1.82, 2.24) is 10.6 Å². The SMILES string of the molecule is CC(CC1CC1)NC(=O)NCCC(O)C(=O)O. The maximum atomic E-state index is 11.4. The maximum absolute atomic E-state index is 11.4. The molecule has 0 bridgehead atoms. The zero-order valence-corrected chi connectivity index (χ0v) is 9.98. The standard InChI is InChI=1S/C11H20N2O4/c1-7(6-8-2-3-8)13-11(17)12-5-4-9(14)10(15)16/h7-9,14H,2-6H2,1H3,(H,15,16)(H2,12,13,17). The van der Waals surface area contributed by atoms with Crippen molar-refractivity contribution in [2.45, 2.75) is 44.8 Å². The highest BCUT2D eigenvalue weighted by atomic mass is 16.4. The number of aliphatic carboxylic acids is 1. The Balaban J connectivity index is 2.05. The number of carboxylic acids is 1. The van der Waals surface area contributed by atoms with E-state index in [-0.39, 0.29) is 25.0 Å². The number of rotatable bonds is 7. The van der Waals surface area contributed by atoms with Crippen molar-refractivity contribution in [3.05, 3.63) is 0 Å². The van der Waals surface area contributed by atoms with Crippen LogP contribution in [-0.2, 0) is 4.79 Å². The molecule has 2 amide bonds. The molecule has 0 aliphatic heterocycles. The number of hydrogen-bond acceptors (Lipinski definition) is 3. The highest BCUT2D eigenvalue weighted by molar-refractivity contribution is 5.74. The number of amides is 2. The molecule has 2 unspecified atom stereocenters. The minimum Gasteiger partial charge on any atom is -0.479 e. The maximum Gasteiger partial charge on any atom is 0.332 e. The van der Waals surface area contributed by atoms with E-state index >= 15 is 0 Å². The molecule has 0 aromatic rings. The second-order valence-electron chi connectivity index (χ2n) is 4.62. The van der Waals surface area contributed by atoms with Gasteiger partial charge in [0.15, 0.2) is 6.10 Å². The third-order valence-corrected chi connectivity index (χ3v) is 2.75. The van der Waals surface area contributed by atoms with Gasteiger partial charge in [-0.15, -0.1) is 0 Å². The van der Waals surface area contributed by atoms with Crippen LogP contribution in [0.3, 0.4) is 0 Å². The van der Waals surface area contributed by atoms with Crippen LogP contribution in [0.15, 0.2) is 0 Å². The number of urea groups is 1. The molecule has 1 rings (SSSR count). The molecule has 1 fully saturated rings. The first-order valence-corrected chi connectivity index (χ1v) is 5.94. The predicted octanol–water partition coefficient (Wildman–Crippen LogP) is 0.310. The fourth-order valence-corrected chi connectivity index (χ4v) is 1.63. The minimum absolute atomic E-state index is 0.0137. The lowest BCUT2D eigenvalue weighted by Gasteiger charge is -2.14. The molecule has 1 saturated carbocycles. The Morgan fingerprint density at radius 3 is 2.59 bits per heavy atom. The quantitative estimate of drug-likeness (QED) is 0.518. The van der Waals surface area contributed by atoms with Crippen LogP contribution < -0.4 is 10.6 Å². The summed E-state index contributed by atoms with van der Waals surface area (Å²) < 4.78 is 0. The average molecular weight is 244 g/mol. The smallest absolute Gasteiger partial charge is 0.332 e. The van der Waals surface area contributed by atoms with Gasteiger partial charge in [0.1, 0.15) is 0 Å². The van der Waals surface area contributed by atoms with Crippen molar-refractivity contribution in [3.8, 4) is 0 Å². The summed E-state index contributed by atoms with van der Waals surface area (Å²) in [5, 5.41) is 22.7. The lowest BCUT2D eigenvalue weighted by atomic mass is 10.2. The summed E-state index contributed by atoms with van der Waals surface area (Å²) in [7, 11) is 0. The van der Waals surface area contributed by atoms with Gasteiger partial charge < -0.3 is 20.8 Å². The Labute approximate surface area is 100 Å². The first-order valence-electron chi connectivity index (χ1n) is 5.94. The molecule has 0 radical (unpaired) electrons. The van der Waals surface area contributed by atoms with Crippen molar-refractivity contribution in [2.75, 3.05) is 6.54 Å². The molecular weight excluding hydrogens is 224 g/mol.